The predicted octanol–water partition coefficient (Wildman–Crippen LogP) is 3.95. The second-order valence-electron chi connectivity index (χ2n) is 15.4. The van der Waals surface area contributed by atoms with Crippen LogP contribution in [0.15, 0.2) is 24.3 Å². The van der Waals surface area contributed by atoms with Crippen LogP contribution >= 0.6 is 0 Å². The van der Waals surface area contributed by atoms with Crippen LogP contribution in [-0.4, -0.2) is 108 Å². The van der Waals surface area contributed by atoms with E-state index in [1.54, 1.807) is 27.7 Å². The van der Waals surface area contributed by atoms with E-state index in [0.717, 1.165) is 5.56 Å². The van der Waals surface area contributed by atoms with E-state index in [-0.39, 0.29) is 50.0 Å². The minimum Gasteiger partial charge on any atom is -0.493 e. The summed E-state index contributed by atoms with van der Waals surface area (Å²) in [6.07, 6.45) is -0.938. The molecule has 2 saturated heterocycles. The Morgan fingerprint density at radius 3 is 2.42 bits per heavy atom. The normalized spacial score (nSPS) is 27.1. The van der Waals surface area contributed by atoms with Gasteiger partial charge in [-0.1, -0.05) is 45.9 Å². The molecular formula is C36H53F2N5O7. The number of ether oxygens (including phenoxy) is 2. The van der Waals surface area contributed by atoms with E-state index in [0.29, 0.717) is 38.3 Å². The van der Waals surface area contributed by atoms with Crippen LogP contribution in [0, 0.1) is 17.3 Å². The smallest absolute Gasteiger partial charge is 0.404 e. The third-order valence-electron chi connectivity index (χ3n) is 10.9. The molecule has 4 N–H and O–H groups in total. The molecule has 3 fully saturated rings. The van der Waals surface area contributed by atoms with Crippen LogP contribution in [0.1, 0.15) is 84.7 Å². The van der Waals surface area contributed by atoms with Crippen LogP contribution in [0.25, 0.3) is 0 Å². The largest absolute Gasteiger partial charge is 0.493 e. The Hall–Kier alpha value is -3.52. The van der Waals surface area contributed by atoms with Crippen LogP contribution in [0.3, 0.4) is 0 Å². The van der Waals surface area contributed by atoms with Crippen molar-refractivity contribution in [2.45, 2.75) is 115 Å². The standard InChI is InChI=1S/C36H53F2N5O7/c1-6-49-24-17-23-18-43(27(20-42(23)19-24)32(45)39-26-13-16-50-28-10-8-7-9-25(26)28)33(46)29(22-11-14-36(37,38)15-12-22)40-31(44)21(2)30(35(3,4)5)41-34(47)48/h7-10,21-24,26-27,29-30,41H,6,11-20H2,1-5H3,(H,39,45)(H,40,44)(H,47,48)/t21-,23-,24-,26-,27+,29+,30?/m1/s1. The number of alkyl halides is 2. The van der Waals surface area contributed by atoms with Gasteiger partial charge in [-0.25, -0.2) is 13.6 Å². The average Bonchev–Trinajstić information content (AvgIpc) is 3.46. The molecule has 0 aromatic heterocycles. The molecule has 4 amide bonds. The number of halogens is 2. The Labute approximate surface area is 293 Å². The van der Waals surface area contributed by atoms with Gasteiger partial charge in [-0.2, -0.15) is 0 Å². The Morgan fingerprint density at radius 1 is 1.06 bits per heavy atom. The number of amides is 4. The second kappa shape index (κ2) is 15.4. The van der Waals surface area contributed by atoms with Gasteiger partial charge in [0, 0.05) is 63.2 Å². The van der Waals surface area contributed by atoms with Crippen molar-refractivity contribution in [2.75, 3.05) is 32.8 Å². The summed E-state index contributed by atoms with van der Waals surface area (Å²) in [5.74, 6) is -5.06. The lowest BCUT2D eigenvalue weighted by Gasteiger charge is -2.45. The van der Waals surface area contributed by atoms with E-state index in [1.165, 1.54) is 4.90 Å². The molecule has 0 radical (unpaired) electrons. The van der Waals surface area contributed by atoms with Gasteiger partial charge >= 0.3 is 6.09 Å². The first kappa shape index (κ1) is 37.7. The van der Waals surface area contributed by atoms with E-state index in [2.05, 4.69) is 20.9 Å². The van der Waals surface area contributed by atoms with Gasteiger partial charge in [-0.3, -0.25) is 19.3 Å². The van der Waals surface area contributed by atoms with Crippen LogP contribution in [0.5, 0.6) is 5.75 Å². The zero-order valence-electron chi connectivity index (χ0n) is 29.8. The van der Waals surface area contributed by atoms with Crippen molar-refractivity contribution in [1.82, 2.24) is 25.8 Å². The van der Waals surface area contributed by atoms with Crippen molar-refractivity contribution >= 4 is 23.8 Å². The fraction of sp³-hybridized carbons (Fsp3) is 0.722. The fourth-order valence-electron chi connectivity index (χ4n) is 8.23. The van der Waals surface area contributed by atoms with Gasteiger partial charge in [0.2, 0.25) is 23.6 Å². The number of fused-ring (bicyclic) bond motifs is 2. The molecular weight excluding hydrogens is 652 g/mol. The van der Waals surface area contributed by atoms with Crippen molar-refractivity contribution in [3.8, 4) is 5.75 Å². The molecule has 1 aromatic rings. The molecule has 4 aliphatic rings. The van der Waals surface area contributed by atoms with Gasteiger partial charge < -0.3 is 35.4 Å². The Bertz CT molecular complexity index is 1400. The summed E-state index contributed by atoms with van der Waals surface area (Å²) in [4.78, 5) is 58.3. The summed E-state index contributed by atoms with van der Waals surface area (Å²) in [6.45, 7) is 11.0. The highest BCUT2D eigenvalue weighted by Gasteiger charge is 2.49. The summed E-state index contributed by atoms with van der Waals surface area (Å²) >= 11 is 0. The van der Waals surface area contributed by atoms with Gasteiger partial charge in [-0.15, -0.1) is 0 Å². The first-order valence-corrected chi connectivity index (χ1v) is 17.9. The molecule has 278 valence electrons. The molecule has 3 heterocycles. The van der Waals surface area contributed by atoms with Gasteiger partial charge in [0.15, 0.2) is 0 Å². The van der Waals surface area contributed by atoms with Crippen molar-refractivity contribution in [1.29, 1.82) is 0 Å². The number of carboxylic acid groups (broad SMARTS) is 1. The van der Waals surface area contributed by atoms with E-state index in [9.17, 15) is 33.1 Å². The number of para-hydroxylation sites is 1. The summed E-state index contributed by atoms with van der Waals surface area (Å²) in [5.41, 5.74) is 0.200. The molecule has 7 atom stereocenters. The van der Waals surface area contributed by atoms with Crippen molar-refractivity contribution in [3.05, 3.63) is 29.8 Å². The SMILES string of the molecule is CCO[C@@H]1C[C@@H]2CN(C(=O)[C@@H](NC(=O)[C@H](C)C(NC(=O)O)C(C)(C)C)C3CCC(F)(F)CC3)[C@H](C(=O)N[C@@H]3CCOc4ccccc43)CN2C1. The van der Waals surface area contributed by atoms with Crippen molar-refractivity contribution < 1.29 is 42.5 Å². The number of nitrogens with zero attached hydrogens (tertiary/aromatic N) is 2. The summed E-state index contributed by atoms with van der Waals surface area (Å²) in [7, 11) is 0. The number of carbonyl (C=O) groups excluding carboxylic acids is 3. The Kier molecular flexibility index (Phi) is 11.6. The fourth-order valence-corrected chi connectivity index (χ4v) is 8.23. The lowest BCUT2D eigenvalue weighted by molar-refractivity contribution is -0.151. The zero-order valence-corrected chi connectivity index (χ0v) is 29.8. The molecule has 0 spiro atoms. The van der Waals surface area contributed by atoms with Gasteiger partial charge in [0.1, 0.15) is 17.8 Å². The number of nitrogens with one attached hydrogen (secondary N) is 3. The first-order valence-electron chi connectivity index (χ1n) is 17.9. The topological polar surface area (TPSA) is 150 Å². The van der Waals surface area contributed by atoms with E-state index in [4.69, 9.17) is 9.47 Å². The molecule has 12 nitrogen and oxygen atoms in total. The Morgan fingerprint density at radius 2 is 1.76 bits per heavy atom. The number of rotatable bonds is 10. The maximum atomic E-state index is 14.8. The first-order chi connectivity index (χ1) is 23.6. The van der Waals surface area contributed by atoms with Gasteiger partial charge in [0.25, 0.3) is 0 Å². The third kappa shape index (κ3) is 8.67. The van der Waals surface area contributed by atoms with Crippen LogP contribution in [0.2, 0.25) is 0 Å². The number of carbonyl (C=O) groups is 4. The number of benzene rings is 1. The van der Waals surface area contributed by atoms with Gasteiger partial charge in [-0.05, 0) is 43.6 Å². The number of hydrogen-bond donors (Lipinski definition) is 4. The molecule has 1 unspecified atom stereocenters. The van der Waals surface area contributed by atoms with Crippen molar-refractivity contribution in [2.24, 2.45) is 17.3 Å². The van der Waals surface area contributed by atoms with E-state index >= 15 is 0 Å². The molecule has 50 heavy (non-hydrogen) atoms. The minimum atomic E-state index is -2.86. The summed E-state index contributed by atoms with van der Waals surface area (Å²) in [6, 6.07) is 4.20. The quantitative estimate of drug-likeness (QED) is 0.286. The third-order valence-corrected chi connectivity index (χ3v) is 10.9. The molecule has 1 aliphatic carbocycles. The number of hydrogen-bond acceptors (Lipinski definition) is 7. The molecule has 1 aromatic carbocycles. The lowest BCUT2D eigenvalue weighted by atomic mass is 9.78. The van der Waals surface area contributed by atoms with Gasteiger partial charge in [0.05, 0.1) is 24.7 Å². The van der Waals surface area contributed by atoms with E-state index < -0.39 is 72.0 Å². The minimum absolute atomic E-state index is 0.0136. The average molecular weight is 706 g/mol. The monoisotopic (exact) mass is 705 g/mol. The maximum Gasteiger partial charge on any atom is 0.404 e. The van der Waals surface area contributed by atoms with Crippen LogP contribution in [0.4, 0.5) is 13.6 Å². The highest BCUT2D eigenvalue weighted by molar-refractivity contribution is 5.93. The highest BCUT2D eigenvalue weighted by Crippen LogP contribution is 2.39. The second-order valence-corrected chi connectivity index (χ2v) is 15.4. The van der Waals surface area contributed by atoms with E-state index in [1.807, 2.05) is 31.2 Å². The molecule has 0 bridgehead atoms. The van der Waals surface area contributed by atoms with Crippen LogP contribution < -0.4 is 20.7 Å². The molecule has 3 aliphatic heterocycles. The molecule has 14 heteroatoms. The maximum absolute atomic E-state index is 14.8. The van der Waals surface area contributed by atoms with Crippen LogP contribution in [-0.2, 0) is 19.1 Å². The lowest BCUT2D eigenvalue weighted by Crippen LogP contribution is -2.66. The summed E-state index contributed by atoms with van der Waals surface area (Å²) < 4.78 is 40.4. The highest BCUT2D eigenvalue weighted by atomic mass is 19.3. The molecule has 5 rings (SSSR count). The molecule has 1 saturated carbocycles. The van der Waals surface area contributed by atoms with Crippen molar-refractivity contribution in [3.63, 3.8) is 0 Å². The predicted molar refractivity (Wildman–Crippen MR) is 181 cm³/mol. The Balaban J connectivity index is 1.44. The zero-order chi connectivity index (χ0) is 36.4. The number of piperazine rings is 1. The summed E-state index contributed by atoms with van der Waals surface area (Å²) in [5, 5.41) is 18.0.